The lowest BCUT2D eigenvalue weighted by atomic mass is 10.2. The zero-order valence-corrected chi connectivity index (χ0v) is 12.0. The predicted molar refractivity (Wildman–Crippen MR) is 76.8 cm³/mol. The number of carbonyl (C=O) groups is 1. The summed E-state index contributed by atoms with van der Waals surface area (Å²) < 4.78 is 51.1. The number of benzene rings is 1. The van der Waals surface area contributed by atoms with E-state index in [2.05, 4.69) is 10.2 Å². The minimum atomic E-state index is -4.51. The zero-order chi connectivity index (χ0) is 17.3. The van der Waals surface area contributed by atoms with Crippen molar-refractivity contribution in [1.82, 2.24) is 19.9 Å². The first-order valence-electron chi connectivity index (χ1n) is 6.80. The van der Waals surface area contributed by atoms with E-state index in [1.54, 1.807) is 11.5 Å². The van der Waals surface area contributed by atoms with Crippen LogP contribution in [0.25, 0.3) is 17.0 Å². The molecule has 1 aromatic carbocycles. The van der Waals surface area contributed by atoms with E-state index in [0.29, 0.717) is 11.4 Å². The molecule has 2 heterocycles. The lowest BCUT2D eigenvalue weighted by Gasteiger charge is -2.09. The second-order valence-corrected chi connectivity index (χ2v) is 4.94. The number of pyridine rings is 1. The maximum absolute atomic E-state index is 13.0. The van der Waals surface area contributed by atoms with Gasteiger partial charge in [-0.05, 0) is 36.4 Å². The lowest BCUT2D eigenvalue weighted by molar-refractivity contribution is -0.123. The third-order valence-electron chi connectivity index (χ3n) is 3.23. The van der Waals surface area contributed by atoms with Crippen LogP contribution in [-0.2, 0) is 0 Å². The quantitative estimate of drug-likeness (QED) is 0.747. The molecule has 0 saturated heterocycles. The molecule has 0 spiro atoms. The molecule has 124 valence electrons. The average molecular weight is 338 g/mol. The van der Waals surface area contributed by atoms with Gasteiger partial charge in [0, 0.05) is 11.8 Å². The molecular weight excluding hydrogens is 328 g/mol. The van der Waals surface area contributed by atoms with Crippen molar-refractivity contribution in [1.29, 1.82) is 0 Å². The number of nitrogens with zero attached hydrogens (tertiary/aromatic N) is 3. The van der Waals surface area contributed by atoms with Gasteiger partial charge in [-0.1, -0.05) is 0 Å². The van der Waals surface area contributed by atoms with Gasteiger partial charge in [-0.15, -0.1) is 10.2 Å². The Labute approximate surface area is 132 Å². The molecule has 0 aliphatic carbocycles. The second kappa shape index (κ2) is 5.91. The second-order valence-electron chi connectivity index (χ2n) is 4.94. The van der Waals surface area contributed by atoms with Crippen molar-refractivity contribution in [3.63, 3.8) is 0 Å². The van der Waals surface area contributed by atoms with Gasteiger partial charge in [0.25, 0.3) is 5.91 Å². The van der Waals surface area contributed by atoms with Crippen LogP contribution < -0.4 is 5.32 Å². The lowest BCUT2D eigenvalue weighted by Crippen LogP contribution is -2.33. The fourth-order valence-corrected chi connectivity index (χ4v) is 2.16. The zero-order valence-electron chi connectivity index (χ0n) is 12.0. The molecule has 9 heteroatoms. The van der Waals surface area contributed by atoms with E-state index in [1.165, 1.54) is 40.8 Å². The largest absolute Gasteiger partial charge is 0.405 e. The maximum atomic E-state index is 13.0. The van der Waals surface area contributed by atoms with Gasteiger partial charge in [-0.2, -0.15) is 13.2 Å². The molecule has 0 fully saturated rings. The highest BCUT2D eigenvalue weighted by Crippen LogP contribution is 2.20. The Balaban J connectivity index is 1.97. The third-order valence-corrected chi connectivity index (χ3v) is 3.23. The van der Waals surface area contributed by atoms with E-state index < -0.39 is 24.4 Å². The maximum Gasteiger partial charge on any atom is 0.405 e. The molecule has 0 aliphatic rings. The predicted octanol–water partition coefficient (Wildman–Crippen LogP) is 2.83. The summed E-state index contributed by atoms with van der Waals surface area (Å²) >= 11 is 0. The molecule has 0 unspecified atom stereocenters. The van der Waals surface area contributed by atoms with Crippen LogP contribution in [0.5, 0.6) is 0 Å². The molecule has 1 amide bonds. The monoisotopic (exact) mass is 338 g/mol. The normalized spacial score (nSPS) is 11.7. The van der Waals surface area contributed by atoms with Crippen molar-refractivity contribution < 1.29 is 22.4 Å². The van der Waals surface area contributed by atoms with Gasteiger partial charge in [0.05, 0.1) is 5.56 Å². The molecule has 24 heavy (non-hydrogen) atoms. The molecule has 2 aromatic heterocycles. The SMILES string of the molecule is O=C(NCC(F)(F)F)c1cccn2c(-c3ccc(F)cc3)nnc12. The molecule has 0 saturated carbocycles. The Hall–Kier alpha value is -2.97. The van der Waals surface area contributed by atoms with Gasteiger partial charge in [0.2, 0.25) is 0 Å². The summed E-state index contributed by atoms with van der Waals surface area (Å²) in [5.74, 6) is -0.980. The third kappa shape index (κ3) is 3.19. The first-order valence-corrected chi connectivity index (χ1v) is 6.80. The first-order chi connectivity index (χ1) is 11.3. The van der Waals surface area contributed by atoms with E-state index in [9.17, 15) is 22.4 Å². The molecule has 5 nitrogen and oxygen atoms in total. The number of alkyl halides is 3. The number of hydrogen-bond donors (Lipinski definition) is 1. The number of aromatic nitrogens is 3. The van der Waals surface area contributed by atoms with Crippen LogP contribution in [-0.4, -0.2) is 33.2 Å². The van der Waals surface area contributed by atoms with E-state index >= 15 is 0 Å². The highest BCUT2D eigenvalue weighted by Gasteiger charge is 2.28. The summed E-state index contributed by atoms with van der Waals surface area (Å²) in [4.78, 5) is 12.0. The molecule has 0 bridgehead atoms. The fourth-order valence-electron chi connectivity index (χ4n) is 2.16. The topological polar surface area (TPSA) is 59.3 Å². The molecule has 3 aromatic rings. The van der Waals surface area contributed by atoms with Gasteiger partial charge in [0.15, 0.2) is 11.5 Å². The molecule has 0 radical (unpaired) electrons. The van der Waals surface area contributed by atoms with Crippen molar-refractivity contribution in [2.24, 2.45) is 0 Å². The van der Waals surface area contributed by atoms with Gasteiger partial charge < -0.3 is 5.32 Å². The minimum absolute atomic E-state index is 0.0392. The van der Waals surface area contributed by atoms with Gasteiger partial charge >= 0.3 is 6.18 Å². The molecular formula is C15H10F4N4O. The van der Waals surface area contributed by atoms with Crippen LogP contribution in [0.15, 0.2) is 42.6 Å². The summed E-state index contributed by atoms with van der Waals surface area (Å²) in [6, 6.07) is 8.31. The number of hydrogen-bond acceptors (Lipinski definition) is 3. The summed E-state index contributed by atoms with van der Waals surface area (Å²) in [5, 5.41) is 9.59. The number of fused-ring (bicyclic) bond motifs is 1. The van der Waals surface area contributed by atoms with Crippen molar-refractivity contribution in [3.05, 3.63) is 54.0 Å². The van der Waals surface area contributed by atoms with Crippen molar-refractivity contribution in [2.45, 2.75) is 6.18 Å². The summed E-state index contributed by atoms with van der Waals surface area (Å²) in [6.07, 6.45) is -2.94. The number of amides is 1. The van der Waals surface area contributed by atoms with E-state index in [0.717, 1.165) is 0 Å². The van der Waals surface area contributed by atoms with Crippen LogP contribution in [0.2, 0.25) is 0 Å². The molecule has 1 N–H and O–H groups in total. The molecule has 0 aliphatic heterocycles. The minimum Gasteiger partial charge on any atom is -0.343 e. The van der Waals surface area contributed by atoms with E-state index in [4.69, 9.17) is 0 Å². The summed E-state index contributed by atoms with van der Waals surface area (Å²) in [7, 11) is 0. The van der Waals surface area contributed by atoms with Gasteiger partial charge in [-0.25, -0.2) is 4.39 Å². The smallest absolute Gasteiger partial charge is 0.343 e. The Morgan fingerprint density at radius 1 is 1.12 bits per heavy atom. The van der Waals surface area contributed by atoms with Gasteiger partial charge in [0.1, 0.15) is 12.4 Å². The van der Waals surface area contributed by atoms with Crippen LogP contribution in [0.4, 0.5) is 17.6 Å². The Bertz CT molecular complexity index is 887. The van der Waals surface area contributed by atoms with Crippen LogP contribution in [0, 0.1) is 5.82 Å². The van der Waals surface area contributed by atoms with Crippen LogP contribution in [0.1, 0.15) is 10.4 Å². The Kier molecular flexibility index (Phi) is 3.92. The number of nitrogens with one attached hydrogen (secondary N) is 1. The van der Waals surface area contributed by atoms with E-state index in [-0.39, 0.29) is 11.2 Å². The molecule has 3 rings (SSSR count). The fraction of sp³-hybridized carbons (Fsp3) is 0.133. The van der Waals surface area contributed by atoms with Crippen LogP contribution in [0.3, 0.4) is 0 Å². The Morgan fingerprint density at radius 3 is 2.50 bits per heavy atom. The van der Waals surface area contributed by atoms with Crippen molar-refractivity contribution in [3.8, 4) is 11.4 Å². The number of carbonyl (C=O) groups excluding carboxylic acids is 1. The van der Waals surface area contributed by atoms with Crippen molar-refractivity contribution in [2.75, 3.05) is 6.54 Å². The van der Waals surface area contributed by atoms with Crippen LogP contribution >= 0.6 is 0 Å². The number of halogens is 4. The first kappa shape index (κ1) is 15.9. The summed E-state index contributed by atoms with van der Waals surface area (Å²) in [5.41, 5.74) is 0.621. The standard InChI is InChI=1S/C15H10F4N4O/c16-10-5-3-9(4-6-10)12-21-22-13-11(2-1-7-23(12)13)14(24)20-8-15(17,18)19/h1-7H,8H2,(H,20,24). The average Bonchev–Trinajstić information content (AvgIpc) is 2.96. The number of rotatable bonds is 3. The highest BCUT2D eigenvalue weighted by molar-refractivity contribution is 6.00. The van der Waals surface area contributed by atoms with E-state index in [1.807, 2.05) is 0 Å². The Morgan fingerprint density at radius 2 is 1.83 bits per heavy atom. The van der Waals surface area contributed by atoms with Crippen molar-refractivity contribution >= 4 is 11.6 Å². The highest BCUT2D eigenvalue weighted by atomic mass is 19.4. The summed E-state index contributed by atoms with van der Waals surface area (Å²) in [6.45, 7) is -1.44. The van der Waals surface area contributed by atoms with Gasteiger partial charge in [-0.3, -0.25) is 9.20 Å². The molecule has 0 atom stereocenters.